The maximum Gasteiger partial charge on any atom is 0.253 e. The SMILES string of the molecule is O=C(CSc1nccn1-c1cccc(Cl)c1)N1N=C(c2ccco2)CC1c1ccco1. The second kappa shape index (κ2) is 8.49. The van der Waals surface area contributed by atoms with Gasteiger partial charge >= 0.3 is 0 Å². The minimum absolute atomic E-state index is 0.145. The van der Waals surface area contributed by atoms with Crippen LogP contribution >= 0.6 is 23.4 Å². The predicted octanol–water partition coefficient (Wildman–Crippen LogP) is 5.18. The summed E-state index contributed by atoms with van der Waals surface area (Å²) < 4.78 is 12.9. The van der Waals surface area contributed by atoms with Gasteiger partial charge in [0.15, 0.2) is 5.16 Å². The van der Waals surface area contributed by atoms with Gasteiger partial charge in [0.2, 0.25) is 0 Å². The molecule has 0 fully saturated rings. The van der Waals surface area contributed by atoms with Crippen LogP contribution in [0.2, 0.25) is 5.02 Å². The summed E-state index contributed by atoms with van der Waals surface area (Å²) in [7, 11) is 0. The average molecular weight is 453 g/mol. The van der Waals surface area contributed by atoms with E-state index in [-0.39, 0.29) is 17.7 Å². The third-order valence-corrected chi connectivity index (χ3v) is 6.05. The summed E-state index contributed by atoms with van der Waals surface area (Å²) >= 11 is 7.46. The number of furan rings is 2. The maximum atomic E-state index is 13.1. The summed E-state index contributed by atoms with van der Waals surface area (Å²) in [5.41, 5.74) is 1.60. The summed E-state index contributed by atoms with van der Waals surface area (Å²) in [5, 5.41) is 7.36. The number of aromatic nitrogens is 2. The molecule has 5 rings (SSSR count). The number of amides is 1. The molecule has 0 saturated heterocycles. The summed E-state index contributed by atoms with van der Waals surface area (Å²) in [4.78, 5) is 17.5. The van der Waals surface area contributed by atoms with E-state index in [1.165, 1.54) is 16.8 Å². The van der Waals surface area contributed by atoms with Crippen molar-refractivity contribution in [2.75, 3.05) is 5.75 Å². The molecule has 1 atom stereocenters. The number of thioether (sulfide) groups is 1. The highest BCUT2D eigenvalue weighted by Gasteiger charge is 2.35. The van der Waals surface area contributed by atoms with Crippen LogP contribution in [0.25, 0.3) is 5.69 Å². The van der Waals surface area contributed by atoms with Crippen LogP contribution in [-0.2, 0) is 4.79 Å². The quantitative estimate of drug-likeness (QED) is 0.376. The van der Waals surface area contributed by atoms with Crippen LogP contribution < -0.4 is 0 Å². The van der Waals surface area contributed by atoms with Crippen molar-refractivity contribution in [3.8, 4) is 5.69 Å². The highest BCUT2D eigenvalue weighted by atomic mass is 35.5. The Morgan fingerprint density at radius 2 is 2.03 bits per heavy atom. The first-order valence-electron chi connectivity index (χ1n) is 9.58. The smallest absolute Gasteiger partial charge is 0.253 e. The van der Waals surface area contributed by atoms with Crippen molar-refractivity contribution in [3.63, 3.8) is 0 Å². The molecule has 0 N–H and O–H groups in total. The zero-order chi connectivity index (χ0) is 21.2. The van der Waals surface area contributed by atoms with Crippen molar-refractivity contribution in [1.82, 2.24) is 14.6 Å². The van der Waals surface area contributed by atoms with Gasteiger partial charge in [-0.1, -0.05) is 29.4 Å². The number of nitrogens with zero attached hydrogens (tertiary/aromatic N) is 4. The summed E-state index contributed by atoms with van der Waals surface area (Å²) in [6, 6.07) is 14.5. The van der Waals surface area contributed by atoms with Gasteiger partial charge in [0.25, 0.3) is 5.91 Å². The van der Waals surface area contributed by atoms with Crippen molar-refractivity contribution in [2.24, 2.45) is 5.10 Å². The van der Waals surface area contributed by atoms with Gasteiger partial charge < -0.3 is 8.83 Å². The number of hydrazone groups is 1. The number of carbonyl (C=O) groups excluding carboxylic acids is 1. The molecule has 4 heterocycles. The fourth-order valence-electron chi connectivity index (χ4n) is 3.45. The number of benzene rings is 1. The van der Waals surface area contributed by atoms with Crippen LogP contribution in [0.1, 0.15) is 24.0 Å². The van der Waals surface area contributed by atoms with Crippen LogP contribution in [0.5, 0.6) is 0 Å². The lowest BCUT2D eigenvalue weighted by Gasteiger charge is -2.19. The number of rotatable bonds is 6. The van der Waals surface area contributed by atoms with E-state index in [9.17, 15) is 4.79 Å². The summed E-state index contributed by atoms with van der Waals surface area (Å²) in [6.45, 7) is 0. The standard InChI is InChI=1S/C22H17ClN4O3S/c23-15-4-1-5-16(12-15)26-9-8-24-22(26)31-14-21(28)27-18(20-7-3-11-30-20)13-17(25-27)19-6-2-10-29-19/h1-12,18H,13-14H2. The molecule has 31 heavy (non-hydrogen) atoms. The minimum atomic E-state index is -0.309. The molecule has 9 heteroatoms. The maximum absolute atomic E-state index is 13.1. The Kier molecular flexibility index (Phi) is 5.40. The van der Waals surface area contributed by atoms with E-state index in [0.29, 0.717) is 33.8 Å². The van der Waals surface area contributed by atoms with Gasteiger partial charge in [-0.15, -0.1) is 0 Å². The zero-order valence-electron chi connectivity index (χ0n) is 16.2. The Morgan fingerprint density at radius 1 is 1.16 bits per heavy atom. The molecular weight excluding hydrogens is 436 g/mol. The molecule has 4 aromatic rings. The van der Waals surface area contributed by atoms with Crippen molar-refractivity contribution in [1.29, 1.82) is 0 Å². The van der Waals surface area contributed by atoms with E-state index in [1.54, 1.807) is 30.9 Å². The molecule has 1 aliphatic heterocycles. The number of imidazole rings is 1. The van der Waals surface area contributed by atoms with E-state index in [2.05, 4.69) is 10.1 Å². The Morgan fingerprint density at radius 3 is 2.81 bits per heavy atom. The fraction of sp³-hybridized carbons (Fsp3) is 0.136. The van der Waals surface area contributed by atoms with Crippen molar-refractivity contribution >= 4 is 35.0 Å². The Balaban J connectivity index is 1.35. The van der Waals surface area contributed by atoms with Crippen LogP contribution in [0.4, 0.5) is 0 Å². The molecule has 7 nitrogen and oxygen atoms in total. The number of carbonyl (C=O) groups is 1. The van der Waals surface area contributed by atoms with Crippen LogP contribution in [0.3, 0.4) is 0 Å². The molecule has 0 aliphatic carbocycles. The lowest BCUT2D eigenvalue weighted by molar-refractivity contribution is -0.130. The molecule has 1 aromatic carbocycles. The Labute approximate surface area is 187 Å². The van der Waals surface area contributed by atoms with E-state index in [0.717, 1.165) is 5.69 Å². The highest BCUT2D eigenvalue weighted by Crippen LogP contribution is 2.34. The second-order valence-corrected chi connectivity index (χ2v) is 8.22. The largest absolute Gasteiger partial charge is 0.467 e. The van der Waals surface area contributed by atoms with Crippen LogP contribution in [-0.4, -0.2) is 31.9 Å². The van der Waals surface area contributed by atoms with Crippen LogP contribution in [0.15, 0.2) is 92.5 Å². The van der Waals surface area contributed by atoms with E-state index >= 15 is 0 Å². The number of hydrogen-bond acceptors (Lipinski definition) is 6. The minimum Gasteiger partial charge on any atom is -0.467 e. The number of hydrogen-bond donors (Lipinski definition) is 0. The first-order valence-corrected chi connectivity index (χ1v) is 10.9. The summed E-state index contributed by atoms with van der Waals surface area (Å²) in [5.74, 6) is 1.36. The van der Waals surface area contributed by atoms with E-state index < -0.39 is 0 Å². The first kappa shape index (κ1) is 19.7. The van der Waals surface area contributed by atoms with Gasteiger partial charge in [-0.2, -0.15) is 5.10 Å². The molecule has 0 bridgehead atoms. The molecule has 156 valence electrons. The molecule has 0 saturated carbocycles. The van der Waals surface area contributed by atoms with Crippen molar-refractivity contribution in [3.05, 3.63) is 90.0 Å². The molecule has 1 unspecified atom stereocenters. The van der Waals surface area contributed by atoms with Crippen LogP contribution in [0, 0.1) is 0 Å². The average Bonchev–Trinajstić information content (AvgIpc) is 3.56. The summed E-state index contributed by atoms with van der Waals surface area (Å²) in [6.07, 6.45) is 7.25. The molecular formula is C22H17ClN4O3S. The third-order valence-electron chi connectivity index (χ3n) is 4.86. The second-order valence-electron chi connectivity index (χ2n) is 6.85. The van der Waals surface area contributed by atoms with Gasteiger partial charge in [0.1, 0.15) is 23.3 Å². The van der Waals surface area contributed by atoms with Gasteiger partial charge in [-0.3, -0.25) is 9.36 Å². The Hall–Kier alpha value is -3.23. The van der Waals surface area contributed by atoms with Gasteiger partial charge in [0, 0.05) is 29.5 Å². The van der Waals surface area contributed by atoms with E-state index in [1.807, 2.05) is 47.2 Å². The van der Waals surface area contributed by atoms with Gasteiger partial charge in [0.05, 0.1) is 18.3 Å². The van der Waals surface area contributed by atoms with Gasteiger partial charge in [-0.05, 0) is 42.5 Å². The molecule has 1 aliphatic rings. The van der Waals surface area contributed by atoms with Gasteiger partial charge in [-0.25, -0.2) is 9.99 Å². The van der Waals surface area contributed by atoms with Crippen molar-refractivity contribution < 1.29 is 13.6 Å². The topological polar surface area (TPSA) is 76.8 Å². The lowest BCUT2D eigenvalue weighted by Crippen LogP contribution is -2.28. The fourth-order valence-corrected chi connectivity index (χ4v) is 4.46. The Bertz CT molecular complexity index is 1220. The monoisotopic (exact) mass is 452 g/mol. The highest BCUT2D eigenvalue weighted by molar-refractivity contribution is 7.99. The van der Waals surface area contributed by atoms with Crippen molar-refractivity contribution in [2.45, 2.75) is 17.6 Å². The first-order chi connectivity index (χ1) is 15.2. The third kappa shape index (κ3) is 4.04. The molecule has 0 radical (unpaired) electrons. The molecule has 3 aromatic heterocycles. The molecule has 1 amide bonds. The predicted molar refractivity (Wildman–Crippen MR) is 117 cm³/mol. The molecule has 0 spiro atoms. The van der Waals surface area contributed by atoms with E-state index in [4.69, 9.17) is 20.4 Å². The lowest BCUT2D eigenvalue weighted by atomic mass is 10.1. The zero-order valence-corrected chi connectivity index (χ0v) is 17.8. The normalized spacial score (nSPS) is 16.0. The number of halogens is 1.